The van der Waals surface area contributed by atoms with Crippen molar-refractivity contribution in [3.8, 4) is 0 Å². The van der Waals surface area contributed by atoms with Crippen LogP contribution in [0.5, 0.6) is 0 Å². The van der Waals surface area contributed by atoms with Crippen LogP contribution in [0.4, 0.5) is 0 Å². The lowest BCUT2D eigenvalue weighted by atomic mass is 9.98. The van der Waals surface area contributed by atoms with Gasteiger partial charge in [-0.05, 0) is 66.9 Å². The molecule has 0 amide bonds. The van der Waals surface area contributed by atoms with E-state index in [0.717, 1.165) is 18.4 Å². The molecular weight excluding hydrogens is 332 g/mol. The molecule has 0 bridgehead atoms. The maximum absolute atomic E-state index is 12.5. The average Bonchev–Trinajstić information content (AvgIpc) is 3.00. The molecule has 0 spiro atoms. The fourth-order valence-corrected chi connectivity index (χ4v) is 3.89. The van der Waals surface area contributed by atoms with Crippen LogP contribution >= 0.6 is 0 Å². The quantitative estimate of drug-likeness (QED) is 0.534. The van der Waals surface area contributed by atoms with E-state index < -0.39 is 0 Å². The molecule has 0 aliphatic heterocycles. The van der Waals surface area contributed by atoms with Gasteiger partial charge in [-0.3, -0.25) is 4.79 Å². The van der Waals surface area contributed by atoms with E-state index in [1.807, 2.05) is 40.7 Å². The van der Waals surface area contributed by atoms with E-state index in [-0.39, 0.29) is 22.9 Å². The molecule has 0 radical (unpaired) electrons. The van der Waals surface area contributed by atoms with Gasteiger partial charge in [-0.15, -0.1) is 0 Å². The Morgan fingerprint density at radius 1 is 1.26 bits per heavy atom. The maximum Gasteiger partial charge on any atom is 0.312 e. The van der Waals surface area contributed by atoms with Gasteiger partial charge in [0.05, 0.1) is 5.41 Å². The normalized spacial score (nSPS) is 23.4. The highest BCUT2D eigenvalue weighted by molar-refractivity contribution is 5.84. The Kier molecular flexibility index (Phi) is 6.19. The van der Waals surface area contributed by atoms with E-state index in [9.17, 15) is 4.79 Å². The number of esters is 1. The van der Waals surface area contributed by atoms with Gasteiger partial charge in [-0.2, -0.15) is 0 Å². The first-order valence-electron chi connectivity index (χ1n) is 10.1. The number of benzene rings is 1. The minimum atomic E-state index is -0.339. The molecule has 1 aromatic rings. The third-order valence-corrected chi connectivity index (χ3v) is 6.09. The number of ether oxygens (including phenoxy) is 1. The molecule has 27 heavy (non-hydrogen) atoms. The van der Waals surface area contributed by atoms with Gasteiger partial charge < -0.3 is 4.74 Å². The van der Waals surface area contributed by atoms with Crippen LogP contribution in [0.3, 0.4) is 0 Å². The highest BCUT2D eigenvalue weighted by Gasteiger charge is 2.64. The van der Waals surface area contributed by atoms with Crippen LogP contribution in [0, 0.1) is 10.8 Å². The monoisotopic (exact) mass is 366 g/mol. The molecular formula is C25H34O2. The van der Waals surface area contributed by atoms with E-state index in [0.29, 0.717) is 0 Å². The summed E-state index contributed by atoms with van der Waals surface area (Å²) in [6, 6.07) is 6.37. The van der Waals surface area contributed by atoms with Gasteiger partial charge in [0.2, 0.25) is 0 Å². The number of carbonyl (C=O) groups is 1. The van der Waals surface area contributed by atoms with Crippen LogP contribution in [-0.2, 0) is 16.0 Å². The standard InChI is InChI=1S/C23H28O2.C2H6/c1-7-9-17-13-18-12-16(10-11-20(18)19(17)8-2)15(3)25-21(24)23(6)14-22(23,4)5;1-2/h7-12,15H,2,13-14H2,1,3-6H3;1-2H3/b9-7-;. The third kappa shape index (κ3) is 3.81. The van der Waals surface area contributed by atoms with Gasteiger partial charge in [-0.1, -0.05) is 70.7 Å². The van der Waals surface area contributed by atoms with Crippen LogP contribution in [0.2, 0.25) is 0 Å². The number of allylic oxidation sites excluding steroid dienone is 5. The van der Waals surface area contributed by atoms with E-state index in [1.165, 1.54) is 22.3 Å². The molecule has 1 fully saturated rings. The summed E-state index contributed by atoms with van der Waals surface area (Å²) in [7, 11) is 0. The van der Waals surface area contributed by atoms with Crippen LogP contribution in [0.15, 0.2) is 48.6 Å². The summed E-state index contributed by atoms with van der Waals surface area (Å²) >= 11 is 0. The van der Waals surface area contributed by atoms with Crippen LogP contribution in [0.1, 0.15) is 77.7 Å². The molecule has 0 aromatic heterocycles. The topological polar surface area (TPSA) is 26.3 Å². The average molecular weight is 367 g/mol. The number of hydrogen-bond donors (Lipinski definition) is 0. The van der Waals surface area contributed by atoms with Gasteiger partial charge in [-0.25, -0.2) is 0 Å². The molecule has 2 aliphatic carbocycles. The van der Waals surface area contributed by atoms with Crippen molar-refractivity contribution >= 4 is 11.5 Å². The summed E-state index contributed by atoms with van der Waals surface area (Å²) in [4.78, 5) is 12.5. The highest BCUT2D eigenvalue weighted by atomic mass is 16.5. The van der Waals surface area contributed by atoms with Gasteiger partial charge in [0.1, 0.15) is 6.10 Å². The third-order valence-electron chi connectivity index (χ3n) is 6.09. The summed E-state index contributed by atoms with van der Waals surface area (Å²) in [6.07, 6.45) is 7.71. The summed E-state index contributed by atoms with van der Waals surface area (Å²) in [5, 5.41) is 0. The largest absolute Gasteiger partial charge is 0.457 e. The zero-order valence-corrected chi connectivity index (χ0v) is 18.0. The van der Waals surface area contributed by atoms with Gasteiger partial charge >= 0.3 is 5.97 Å². The van der Waals surface area contributed by atoms with Crippen molar-refractivity contribution in [1.82, 2.24) is 0 Å². The van der Waals surface area contributed by atoms with Gasteiger partial charge in [0.15, 0.2) is 0 Å². The molecule has 2 atom stereocenters. The summed E-state index contributed by atoms with van der Waals surface area (Å²) < 4.78 is 5.80. The number of hydrogen-bond acceptors (Lipinski definition) is 2. The first-order chi connectivity index (χ1) is 12.7. The second kappa shape index (κ2) is 7.88. The van der Waals surface area contributed by atoms with Crippen molar-refractivity contribution < 1.29 is 9.53 Å². The Morgan fingerprint density at radius 3 is 2.41 bits per heavy atom. The summed E-state index contributed by atoms with van der Waals surface area (Å²) in [6.45, 7) is 18.2. The molecule has 2 nitrogen and oxygen atoms in total. The number of carbonyl (C=O) groups excluding carboxylic acids is 1. The van der Waals surface area contributed by atoms with Crippen molar-refractivity contribution in [2.45, 2.75) is 67.4 Å². The zero-order valence-electron chi connectivity index (χ0n) is 18.0. The maximum atomic E-state index is 12.5. The minimum absolute atomic E-state index is 0.0475. The van der Waals surface area contributed by atoms with Crippen molar-refractivity contribution in [3.05, 3.63) is 65.3 Å². The van der Waals surface area contributed by atoms with E-state index in [4.69, 9.17) is 4.74 Å². The van der Waals surface area contributed by atoms with E-state index in [2.05, 4.69) is 50.8 Å². The molecule has 2 aliphatic rings. The Balaban J connectivity index is 0.00000126. The lowest BCUT2D eigenvalue weighted by Crippen LogP contribution is -2.22. The van der Waals surface area contributed by atoms with Crippen LogP contribution in [0.25, 0.3) is 5.57 Å². The number of fused-ring (bicyclic) bond motifs is 1. The molecule has 2 heteroatoms. The first kappa shape index (κ1) is 21.2. The molecule has 0 N–H and O–H groups in total. The molecule has 1 saturated carbocycles. The van der Waals surface area contributed by atoms with Gasteiger partial charge in [0.25, 0.3) is 0 Å². The Morgan fingerprint density at radius 2 is 1.89 bits per heavy atom. The lowest BCUT2D eigenvalue weighted by molar-refractivity contribution is -0.156. The number of rotatable bonds is 5. The van der Waals surface area contributed by atoms with Crippen molar-refractivity contribution in [3.63, 3.8) is 0 Å². The molecule has 3 rings (SSSR count). The zero-order chi connectivity index (χ0) is 20.4. The lowest BCUT2D eigenvalue weighted by Gasteiger charge is -2.19. The smallest absolute Gasteiger partial charge is 0.312 e. The van der Waals surface area contributed by atoms with E-state index in [1.54, 1.807) is 0 Å². The minimum Gasteiger partial charge on any atom is -0.457 e. The van der Waals surface area contributed by atoms with Crippen LogP contribution < -0.4 is 0 Å². The van der Waals surface area contributed by atoms with E-state index >= 15 is 0 Å². The molecule has 2 unspecified atom stereocenters. The predicted molar refractivity (Wildman–Crippen MR) is 114 cm³/mol. The van der Waals surface area contributed by atoms with Crippen molar-refractivity contribution in [1.29, 1.82) is 0 Å². The molecule has 1 aromatic carbocycles. The van der Waals surface area contributed by atoms with Crippen LogP contribution in [-0.4, -0.2) is 5.97 Å². The van der Waals surface area contributed by atoms with Crippen molar-refractivity contribution in [2.24, 2.45) is 10.8 Å². The second-order valence-corrected chi connectivity index (χ2v) is 8.18. The first-order valence-corrected chi connectivity index (χ1v) is 10.1. The summed E-state index contributed by atoms with van der Waals surface area (Å²) in [5.74, 6) is -0.0787. The Labute approximate surface area is 165 Å². The second-order valence-electron chi connectivity index (χ2n) is 8.18. The molecule has 0 saturated heterocycles. The Hall–Kier alpha value is -2.09. The van der Waals surface area contributed by atoms with Crippen molar-refractivity contribution in [2.75, 3.05) is 0 Å². The van der Waals surface area contributed by atoms with Gasteiger partial charge in [0, 0.05) is 0 Å². The molecule has 0 heterocycles. The fourth-order valence-electron chi connectivity index (χ4n) is 3.89. The highest BCUT2D eigenvalue weighted by Crippen LogP contribution is 2.64. The molecule has 146 valence electrons. The summed E-state index contributed by atoms with van der Waals surface area (Å²) in [5.41, 5.74) is 5.78. The SMILES string of the molecule is C=CC1=C(/C=C\C)Cc2cc(C(C)OC(=O)C3(C)CC3(C)C)ccc21.CC. The Bertz CT molecular complexity index is 795. The fraction of sp³-hybridized carbons (Fsp3) is 0.480. The predicted octanol–water partition coefficient (Wildman–Crippen LogP) is 6.83.